The van der Waals surface area contributed by atoms with Gasteiger partial charge in [-0.25, -0.2) is 4.39 Å². The number of morpholine rings is 1. The molecule has 1 aliphatic heterocycles. The average Bonchev–Trinajstić information content (AvgIpc) is 2.44. The lowest BCUT2D eigenvalue weighted by atomic mass is 10.1. The van der Waals surface area contributed by atoms with Crippen LogP contribution in [0.1, 0.15) is 24.2 Å². The molecule has 1 unspecified atom stereocenters. The summed E-state index contributed by atoms with van der Waals surface area (Å²) in [5, 5.41) is 2.86. The van der Waals surface area contributed by atoms with E-state index in [-0.39, 0.29) is 17.8 Å². The van der Waals surface area contributed by atoms with Crippen molar-refractivity contribution in [1.82, 2.24) is 10.2 Å². The van der Waals surface area contributed by atoms with Gasteiger partial charge in [-0.3, -0.25) is 9.69 Å². The Labute approximate surface area is 139 Å². The highest BCUT2D eigenvalue weighted by Crippen LogP contribution is 2.18. The average molecular weight is 373 g/mol. The van der Waals surface area contributed by atoms with Crippen LogP contribution in [0.4, 0.5) is 4.39 Å². The van der Waals surface area contributed by atoms with Gasteiger partial charge in [-0.15, -0.1) is 0 Å². The molecule has 0 aromatic heterocycles. The Hall–Kier alpha value is -0.980. The summed E-state index contributed by atoms with van der Waals surface area (Å²) in [4.78, 5) is 14.5. The molecule has 1 atom stereocenters. The fraction of sp³-hybridized carbons (Fsp3) is 0.562. The molecule has 1 N–H and O–H groups in total. The van der Waals surface area contributed by atoms with E-state index in [1.165, 1.54) is 18.2 Å². The molecule has 4 nitrogen and oxygen atoms in total. The van der Waals surface area contributed by atoms with Crippen molar-refractivity contribution >= 4 is 21.8 Å². The quantitative estimate of drug-likeness (QED) is 0.863. The number of hydrogen-bond donors (Lipinski definition) is 1. The summed E-state index contributed by atoms with van der Waals surface area (Å²) in [6, 6.07) is 4.04. The number of carbonyl (C=O) groups excluding carboxylic acids is 1. The van der Waals surface area contributed by atoms with Gasteiger partial charge in [-0.1, -0.05) is 13.8 Å². The van der Waals surface area contributed by atoms with Crippen LogP contribution in [0.5, 0.6) is 0 Å². The van der Waals surface area contributed by atoms with Gasteiger partial charge < -0.3 is 10.1 Å². The summed E-state index contributed by atoms with van der Waals surface area (Å²) in [5.74, 6) is 0.0170. The van der Waals surface area contributed by atoms with E-state index in [0.717, 1.165) is 19.6 Å². The Kier molecular flexibility index (Phi) is 6.35. The lowest BCUT2D eigenvalue weighted by Gasteiger charge is -2.34. The van der Waals surface area contributed by atoms with Crippen LogP contribution in [-0.2, 0) is 4.74 Å². The second-order valence-corrected chi connectivity index (χ2v) is 6.83. The Balaban J connectivity index is 1.85. The van der Waals surface area contributed by atoms with Crippen LogP contribution in [0.2, 0.25) is 0 Å². The number of amides is 1. The summed E-state index contributed by atoms with van der Waals surface area (Å²) >= 11 is 3.21. The third kappa shape index (κ3) is 5.04. The van der Waals surface area contributed by atoms with E-state index in [2.05, 4.69) is 40.0 Å². The van der Waals surface area contributed by atoms with E-state index in [1.807, 2.05) is 0 Å². The van der Waals surface area contributed by atoms with Gasteiger partial charge in [0.1, 0.15) is 5.82 Å². The third-order valence-electron chi connectivity index (χ3n) is 3.51. The molecule has 0 aliphatic carbocycles. The Morgan fingerprint density at radius 1 is 1.55 bits per heavy atom. The minimum atomic E-state index is -0.372. The van der Waals surface area contributed by atoms with E-state index >= 15 is 0 Å². The van der Waals surface area contributed by atoms with E-state index in [4.69, 9.17) is 4.74 Å². The molecule has 1 aromatic carbocycles. The number of rotatable bonds is 5. The first-order chi connectivity index (χ1) is 10.5. The molecule has 1 saturated heterocycles. The Morgan fingerprint density at radius 3 is 3.00 bits per heavy atom. The van der Waals surface area contributed by atoms with Gasteiger partial charge in [0.05, 0.1) is 18.3 Å². The van der Waals surface area contributed by atoms with Gasteiger partial charge in [-0.2, -0.15) is 0 Å². The highest BCUT2D eigenvalue weighted by molar-refractivity contribution is 9.10. The smallest absolute Gasteiger partial charge is 0.252 e. The topological polar surface area (TPSA) is 41.6 Å². The SMILES string of the molecule is CC(C)CN1CCOC(CNC(=O)c2ccc(F)cc2Br)C1. The number of halogens is 2. The molecule has 2 rings (SSSR count). The molecule has 22 heavy (non-hydrogen) atoms. The number of nitrogens with one attached hydrogen (secondary N) is 1. The van der Waals surface area contributed by atoms with Crippen molar-refractivity contribution in [2.24, 2.45) is 5.92 Å². The molecular formula is C16H22BrFN2O2. The molecular weight excluding hydrogens is 351 g/mol. The summed E-state index contributed by atoms with van der Waals surface area (Å²) in [6.07, 6.45) is -0.00401. The molecule has 0 bridgehead atoms. The lowest BCUT2D eigenvalue weighted by Crippen LogP contribution is -2.48. The summed E-state index contributed by atoms with van der Waals surface area (Å²) in [7, 11) is 0. The monoisotopic (exact) mass is 372 g/mol. The Bertz CT molecular complexity index is 525. The summed E-state index contributed by atoms with van der Waals surface area (Å²) in [5.41, 5.74) is 0.427. The first kappa shape index (κ1) is 17.4. The maximum absolute atomic E-state index is 13.0. The van der Waals surface area contributed by atoms with Crippen molar-refractivity contribution < 1.29 is 13.9 Å². The van der Waals surface area contributed by atoms with E-state index in [9.17, 15) is 9.18 Å². The van der Waals surface area contributed by atoms with Crippen LogP contribution < -0.4 is 5.32 Å². The van der Waals surface area contributed by atoms with E-state index in [1.54, 1.807) is 0 Å². The normalized spacial score (nSPS) is 19.4. The second-order valence-electron chi connectivity index (χ2n) is 5.98. The number of nitrogens with zero attached hydrogens (tertiary/aromatic N) is 1. The predicted octanol–water partition coefficient (Wildman–Crippen LogP) is 2.67. The van der Waals surface area contributed by atoms with Gasteiger partial charge in [0.15, 0.2) is 0 Å². The fourth-order valence-corrected chi connectivity index (χ4v) is 3.09. The van der Waals surface area contributed by atoms with Gasteiger partial charge in [-0.05, 0) is 40.0 Å². The number of ether oxygens (including phenoxy) is 1. The van der Waals surface area contributed by atoms with E-state index in [0.29, 0.717) is 29.1 Å². The van der Waals surface area contributed by atoms with Gasteiger partial charge in [0.25, 0.3) is 5.91 Å². The molecule has 1 aliphatic rings. The zero-order chi connectivity index (χ0) is 16.1. The van der Waals surface area contributed by atoms with Crippen LogP contribution in [0, 0.1) is 11.7 Å². The molecule has 1 fully saturated rings. The fourth-order valence-electron chi connectivity index (χ4n) is 2.56. The van der Waals surface area contributed by atoms with Crippen LogP contribution in [0.25, 0.3) is 0 Å². The summed E-state index contributed by atoms with van der Waals surface area (Å²) in [6.45, 7) is 8.33. The predicted molar refractivity (Wildman–Crippen MR) is 87.5 cm³/mol. The molecule has 122 valence electrons. The molecule has 6 heteroatoms. The molecule has 0 radical (unpaired) electrons. The van der Waals surface area contributed by atoms with Crippen LogP contribution in [-0.4, -0.2) is 49.7 Å². The molecule has 0 saturated carbocycles. The van der Waals surface area contributed by atoms with E-state index < -0.39 is 0 Å². The standard InChI is InChI=1S/C16H22BrFN2O2/c1-11(2)9-20-5-6-22-13(10-20)8-19-16(21)14-4-3-12(18)7-15(14)17/h3-4,7,11,13H,5-6,8-10H2,1-2H3,(H,19,21). The third-order valence-corrected chi connectivity index (χ3v) is 4.17. The zero-order valence-corrected chi connectivity index (χ0v) is 14.5. The van der Waals surface area contributed by atoms with Gasteiger partial charge >= 0.3 is 0 Å². The maximum atomic E-state index is 13.0. The number of carbonyl (C=O) groups is 1. The maximum Gasteiger partial charge on any atom is 0.252 e. The van der Waals surface area contributed by atoms with Crippen molar-refractivity contribution in [3.8, 4) is 0 Å². The van der Waals surface area contributed by atoms with Crippen molar-refractivity contribution in [1.29, 1.82) is 0 Å². The minimum Gasteiger partial charge on any atom is -0.374 e. The highest BCUT2D eigenvalue weighted by Gasteiger charge is 2.22. The first-order valence-electron chi connectivity index (χ1n) is 7.53. The molecule has 1 amide bonds. The van der Waals surface area contributed by atoms with Gasteiger partial charge in [0.2, 0.25) is 0 Å². The first-order valence-corrected chi connectivity index (χ1v) is 8.32. The largest absolute Gasteiger partial charge is 0.374 e. The zero-order valence-electron chi connectivity index (χ0n) is 12.9. The highest BCUT2D eigenvalue weighted by atomic mass is 79.9. The minimum absolute atomic E-state index is 0.00401. The second kappa shape index (κ2) is 8.04. The molecule has 0 spiro atoms. The van der Waals surface area contributed by atoms with Gasteiger partial charge in [0, 0.05) is 30.7 Å². The van der Waals surface area contributed by atoms with Crippen LogP contribution in [0.15, 0.2) is 22.7 Å². The Morgan fingerprint density at radius 2 is 2.32 bits per heavy atom. The lowest BCUT2D eigenvalue weighted by molar-refractivity contribution is -0.0295. The summed E-state index contributed by atoms with van der Waals surface area (Å²) < 4.78 is 19.2. The number of hydrogen-bond acceptors (Lipinski definition) is 3. The van der Waals surface area contributed by atoms with Crippen LogP contribution in [0.3, 0.4) is 0 Å². The van der Waals surface area contributed by atoms with Crippen molar-refractivity contribution in [3.63, 3.8) is 0 Å². The van der Waals surface area contributed by atoms with Crippen molar-refractivity contribution in [2.75, 3.05) is 32.8 Å². The van der Waals surface area contributed by atoms with Crippen LogP contribution >= 0.6 is 15.9 Å². The molecule has 1 aromatic rings. The van der Waals surface area contributed by atoms with Crippen molar-refractivity contribution in [3.05, 3.63) is 34.1 Å². The number of benzene rings is 1. The van der Waals surface area contributed by atoms with Crippen molar-refractivity contribution in [2.45, 2.75) is 20.0 Å². The molecule has 1 heterocycles.